The number of nitrogens with zero attached hydrogens (tertiary/aromatic N) is 1. The van der Waals surface area contributed by atoms with Crippen LogP contribution in [0.2, 0.25) is 0 Å². The van der Waals surface area contributed by atoms with Crippen molar-refractivity contribution in [1.29, 1.82) is 0 Å². The first-order valence-corrected chi connectivity index (χ1v) is 8.97. The van der Waals surface area contributed by atoms with E-state index in [1.165, 1.54) is 7.11 Å². The monoisotopic (exact) mass is 378 g/mol. The molecule has 8 heteroatoms. The smallest absolute Gasteiger partial charge is 0.317 e. The van der Waals surface area contributed by atoms with Gasteiger partial charge in [0.2, 0.25) is 0 Å². The fourth-order valence-electron chi connectivity index (χ4n) is 2.98. The molecule has 1 aromatic carbocycles. The number of methoxy groups -OCH3 is 1. The molecule has 0 aliphatic carbocycles. The van der Waals surface area contributed by atoms with Gasteiger partial charge in [-0.15, -0.1) is 0 Å². The lowest BCUT2D eigenvalue weighted by Gasteiger charge is -2.33. The van der Waals surface area contributed by atoms with E-state index in [1.54, 1.807) is 4.90 Å². The van der Waals surface area contributed by atoms with E-state index in [-0.39, 0.29) is 37.4 Å². The van der Waals surface area contributed by atoms with Gasteiger partial charge in [0.15, 0.2) is 0 Å². The number of hydrogen-bond donors (Lipinski definition) is 2. The van der Waals surface area contributed by atoms with Crippen LogP contribution in [-0.4, -0.2) is 66.9 Å². The average Bonchev–Trinajstić information content (AvgIpc) is 2.67. The number of carbonyl (C=O) groups is 3. The Bertz CT molecular complexity index is 636. The Labute approximate surface area is 158 Å². The van der Waals surface area contributed by atoms with E-state index in [1.807, 2.05) is 30.3 Å². The van der Waals surface area contributed by atoms with Gasteiger partial charge in [-0.1, -0.05) is 30.3 Å². The number of hydrogen-bond acceptors (Lipinski definition) is 5. The number of carboxylic acids is 1. The summed E-state index contributed by atoms with van der Waals surface area (Å²) >= 11 is 0. The number of carboxylic acid groups (broad SMARTS) is 1. The van der Waals surface area contributed by atoms with Crippen molar-refractivity contribution in [1.82, 2.24) is 10.2 Å². The molecule has 0 spiro atoms. The van der Waals surface area contributed by atoms with E-state index < -0.39 is 12.1 Å². The first-order chi connectivity index (χ1) is 13.0. The van der Waals surface area contributed by atoms with Gasteiger partial charge in [0.25, 0.3) is 0 Å². The molecule has 1 aromatic rings. The number of rotatable bonds is 8. The summed E-state index contributed by atoms with van der Waals surface area (Å²) in [4.78, 5) is 36.6. The van der Waals surface area contributed by atoms with Gasteiger partial charge in [0.05, 0.1) is 26.2 Å². The maximum Gasteiger partial charge on any atom is 0.317 e. The van der Waals surface area contributed by atoms with Gasteiger partial charge in [0.1, 0.15) is 0 Å². The molecule has 0 aromatic heterocycles. The molecular weight excluding hydrogens is 352 g/mol. The van der Waals surface area contributed by atoms with E-state index in [0.717, 1.165) is 5.56 Å². The van der Waals surface area contributed by atoms with Crippen LogP contribution in [0.5, 0.6) is 0 Å². The Morgan fingerprint density at radius 3 is 2.74 bits per heavy atom. The lowest BCUT2D eigenvalue weighted by atomic mass is 10.0. The van der Waals surface area contributed by atoms with E-state index in [2.05, 4.69) is 10.1 Å². The van der Waals surface area contributed by atoms with Crippen molar-refractivity contribution < 1.29 is 29.0 Å². The van der Waals surface area contributed by atoms with Crippen LogP contribution in [0.25, 0.3) is 0 Å². The minimum absolute atomic E-state index is 0.0220. The van der Waals surface area contributed by atoms with Crippen molar-refractivity contribution >= 4 is 18.0 Å². The van der Waals surface area contributed by atoms with Gasteiger partial charge in [-0.2, -0.15) is 0 Å². The molecule has 1 heterocycles. The topological polar surface area (TPSA) is 105 Å². The summed E-state index contributed by atoms with van der Waals surface area (Å²) in [6, 6.07) is 9.04. The highest BCUT2D eigenvalue weighted by molar-refractivity contribution is 5.75. The molecule has 2 atom stereocenters. The number of carbonyl (C=O) groups excluding carboxylic acids is 2. The molecule has 0 bridgehead atoms. The lowest BCUT2D eigenvalue weighted by Crippen LogP contribution is -2.52. The second-order valence-electron chi connectivity index (χ2n) is 6.49. The normalized spacial score (nSPS) is 17.8. The molecule has 1 fully saturated rings. The number of benzene rings is 1. The number of morpholine rings is 1. The summed E-state index contributed by atoms with van der Waals surface area (Å²) in [6.07, 6.45) is 0.559. The summed E-state index contributed by atoms with van der Waals surface area (Å²) in [5, 5.41) is 11.9. The molecule has 2 N–H and O–H groups in total. The van der Waals surface area contributed by atoms with Crippen LogP contribution in [0.1, 0.15) is 24.8 Å². The third-order valence-electron chi connectivity index (χ3n) is 4.41. The predicted octanol–water partition coefficient (Wildman–Crippen LogP) is 1.44. The molecule has 2 unspecified atom stereocenters. The fraction of sp³-hybridized carbons (Fsp3) is 0.526. The van der Waals surface area contributed by atoms with E-state index in [0.29, 0.717) is 26.0 Å². The minimum atomic E-state index is -0.896. The predicted molar refractivity (Wildman–Crippen MR) is 97.3 cm³/mol. The van der Waals surface area contributed by atoms with E-state index in [4.69, 9.17) is 9.84 Å². The van der Waals surface area contributed by atoms with Crippen LogP contribution in [0.3, 0.4) is 0 Å². The van der Waals surface area contributed by atoms with Gasteiger partial charge in [-0.25, -0.2) is 4.79 Å². The highest BCUT2D eigenvalue weighted by Crippen LogP contribution is 2.12. The van der Waals surface area contributed by atoms with E-state index >= 15 is 0 Å². The zero-order valence-electron chi connectivity index (χ0n) is 15.4. The molecule has 2 amide bonds. The van der Waals surface area contributed by atoms with Crippen molar-refractivity contribution in [2.75, 3.05) is 26.8 Å². The molecule has 2 rings (SSSR count). The Balaban J connectivity index is 1.94. The molecule has 1 aliphatic heterocycles. The Morgan fingerprint density at radius 1 is 1.33 bits per heavy atom. The Hall–Kier alpha value is -2.61. The summed E-state index contributed by atoms with van der Waals surface area (Å²) in [6.45, 7) is 1.05. The zero-order valence-corrected chi connectivity index (χ0v) is 15.4. The molecule has 1 aliphatic rings. The minimum Gasteiger partial charge on any atom is -0.481 e. The summed E-state index contributed by atoms with van der Waals surface area (Å²) in [5.74, 6) is -1.28. The second kappa shape index (κ2) is 10.5. The van der Waals surface area contributed by atoms with Crippen molar-refractivity contribution in [2.24, 2.45) is 0 Å². The fourth-order valence-corrected chi connectivity index (χ4v) is 2.98. The number of amides is 2. The molecule has 27 heavy (non-hydrogen) atoms. The van der Waals surface area contributed by atoms with Crippen LogP contribution >= 0.6 is 0 Å². The third-order valence-corrected chi connectivity index (χ3v) is 4.41. The number of ether oxygens (including phenoxy) is 2. The molecular formula is C19H26N2O6. The number of nitrogens with one attached hydrogen (secondary N) is 1. The SMILES string of the molecule is COC(=O)CC1CN(C(=O)NC(CCC(=O)O)Cc2ccccc2)CCO1. The molecule has 1 saturated heterocycles. The third kappa shape index (κ3) is 7.26. The van der Waals surface area contributed by atoms with Crippen molar-refractivity contribution in [3.8, 4) is 0 Å². The van der Waals surface area contributed by atoms with Crippen LogP contribution in [0.15, 0.2) is 30.3 Å². The molecule has 0 saturated carbocycles. The molecule has 148 valence electrons. The highest BCUT2D eigenvalue weighted by atomic mass is 16.5. The van der Waals surface area contributed by atoms with Gasteiger partial charge < -0.3 is 24.8 Å². The summed E-state index contributed by atoms with van der Waals surface area (Å²) in [7, 11) is 1.31. The number of aliphatic carboxylic acids is 1. The van der Waals surface area contributed by atoms with Crippen LogP contribution in [0.4, 0.5) is 4.79 Å². The summed E-state index contributed by atoms with van der Waals surface area (Å²) < 4.78 is 10.2. The Morgan fingerprint density at radius 2 is 2.07 bits per heavy atom. The summed E-state index contributed by atoms with van der Waals surface area (Å²) in [5.41, 5.74) is 1.03. The molecule has 8 nitrogen and oxygen atoms in total. The zero-order chi connectivity index (χ0) is 19.6. The van der Waals surface area contributed by atoms with Crippen molar-refractivity contribution in [2.45, 2.75) is 37.8 Å². The Kier molecular flexibility index (Phi) is 8.06. The first kappa shape index (κ1) is 20.7. The maximum absolute atomic E-state index is 12.6. The average molecular weight is 378 g/mol. The van der Waals surface area contributed by atoms with Crippen LogP contribution < -0.4 is 5.32 Å². The van der Waals surface area contributed by atoms with Gasteiger partial charge in [0, 0.05) is 25.6 Å². The van der Waals surface area contributed by atoms with Gasteiger partial charge in [-0.3, -0.25) is 9.59 Å². The standard InChI is InChI=1S/C19H26N2O6/c1-26-18(24)12-16-13-21(9-10-27-16)19(25)20-15(7-8-17(22)23)11-14-5-3-2-4-6-14/h2-6,15-16H,7-13H2,1H3,(H,20,25)(H,22,23). The molecule has 0 radical (unpaired) electrons. The van der Waals surface area contributed by atoms with Crippen molar-refractivity contribution in [3.05, 3.63) is 35.9 Å². The largest absolute Gasteiger partial charge is 0.481 e. The first-order valence-electron chi connectivity index (χ1n) is 8.97. The van der Waals surface area contributed by atoms with Crippen LogP contribution in [-0.2, 0) is 25.5 Å². The van der Waals surface area contributed by atoms with E-state index in [9.17, 15) is 14.4 Å². The second-order valence-corrected chi connectivity index (χ2v) is 6.49. The van der Waals surface area contributed by atoms with Crippen molar-refractivity contribution in [3.63, 3.8) is 0 Å². The van der Waals surface area contributed by atoms with Crippen LogP contribution in [0, 0.1) is 0 Å². The number of esters is 1. The number of urea groups is 1. The lowest BCUT2D eigenvalue weighted by molar-refractivity contribution is -0.145. The van der Waals surface area contributed by atoms with Gasteiger partial charge >= 0.3 is 18.0 Å². The quantitative estimate of drug-likeness (QED) is 0.663. The highest BCUT2D eigenvalue weighted by Gasteiger charge is 2.27. The maximum atomic E-state index is 12.6. The van der Waals surface area contributed by atoms with Gasteiger partial charge in [-0.05, 0) is 18.4 Å².